The van der Waals surface area contributed by atoms with E-state index in [-0.39, 0.29) is 11.9 Å². The maximum atomic E-state index is 13.6. The number of nitrogens with zero attached hydrogens (tertiary/aromatic N) is 2. The van der Waals surface area contributed by atoms with Crippen molar-refractivity contribution in [2.24, 2.45) is 10.7 Å². The molecular weight excluding hydrogens is 450 g/mol. The number of halogens is 1. The number of benzene rings is 3. The highest BCUT2D eigenvalue weighted by Crippen LogP contribution is 2.50. The van der Waals surface area contributed by atoms with Crippen LogP contribution in [0.15, 0.2) is 71.7 Å². The molecule has 2 heterocycles. The maximum Gasteiger partial charge on any atom is 0.261 e. The lowest BCUT2D eigenvalue weighted by atomic mass is 9.74. The number of carbonyl (C=O) groups is 1. The van der Waals surface area contributed by atoms with Crippen molar-refractivity contribution in [1.82, 2.24) is 4.90 Å². The van der Waals surface area contributed by atoms with Crippen molar-refractivity contribution in [3.63, 3.8) is 0 Å². The van der Waals surface area contributed by atoms with Crippen molar-refractivity contribution in [1.29, 1.82) is 0 Å². The van der Waals surface area contributed by atoms with Crippen molar-refractivity contribution in [3.8, 4) is 22.6 Å². The van der Waals surface area contributed by atoms with Gasteiger partial charge in [0.25, 0.3) is 5.91 Å². The van der Waals surface area contributed by atoms with Crippen LogP contribution in [0.5, 0.6) is 11.5 Å². The Balaban J connectivity index is 1.62. The molecule has 0 fully saturated rings. The molecule has 2 N–H and O–H groups in total. The fourth-order valence-corrected chi connectivity index (χ4v) is 5.22. The average Bonchev–Trinajstić information content (AvgIpc) is 3.02. The Bertz CT molecular complexity index is 1320. The molecular formula is C27H26ClN3O3. The summed E-state index contributed by atoms with van der Waals surface area (Å²) >= 11 is 6.22. The molecule has 174 valence electrons. The van der Waals surface area contributed by atoms with Crippen LogP contribution in [0.2, 0.25) is 5.02 Å². The normalized spacial score (nSPS) is 23.5. The first-order valence-electron chi connectivity index (χ1n) is 11.1. The number of fused-ring (bicyclic) bond motifs is 2. The number of hydrogen-bond donors (Lipinski definition) is 1. The number of amides is 1. The van der Waals surface area contributed by atoms with Gasteiger partial charge in [-0.3, -0.25) is 9.69 Å². The zero-order chi connectivity index (χ0) is 24.1. The van der Waals surface area contributed by atoms with E-state index >= 15 is 0 Å². The summed E-state index contributed by atoms with van der Waals surface area (Å²) in [5, 5.41) is 0.644. The molecule has 2 aliphatic heterocycles. The molecule has 0 bridgehead atoms. The second-order valence-electron chi connectivity index (χ2n) is 9.17. The van der Waals surface area contributed by atoms with Gasteiger partial charge in [0.15, 0.2) is 11.5 Å². The number of rotatable bonds is 4. The Morgan fingerprint density at radius 2 is 1.88 bits per heavy atom. The molecule has 7 heteroatoms. The second-order valence-corrected chi connectivity index (χ2v) is 9.61. The summed E-state index contributed by atoms with van der Waals surface area (Å²) in [7, 11) is 3.30. The van der Waals surface area contributed by atoms with E-state index < -0.39 is 11.1 Å². The summed E-state index contributed by atoms with van der Waals surface area (Å²) in [6.07, 6.45) is 0.931. The second kappa shape index (κ2) is 8.06. The maximum absolute atomic E-state index is 13.6. The number of methoxy groups -OCH3 is 1. The lowest BCUT2D eigenvalue weighted by molar-refractivity contribution is -0.133. The molecule has 6 nitrogen and oxygen atoms in total. The molecule has 5 rings (SSSR count). The minimum Gasteiger partial charge on any atom is -0.497 e. The first kappa shape index (κ1) is 22.3. The summed E-state index contributed by atoms with van der Waals surface area (Å²) in [4.78, 5) is 19.8. The number of likely N-dealkylation sites (N-methyl/N-ethyl adjacent to an activating group) is 1. The van der Waals surface area contributed by atoms with Crippen molar-refractivity contribution in [2.75, 3.05) is 14.2 Å². The Kier molecular flexibility index (Phi) is 5.29. The van der Waals surface area contributed by atoms with Crippen molar-refractivity contribution in [3.05, 3.63) is 82.9 Å². The minimum absolute atomic E-state index is 0.158. The van der Waals surface area contributed by atoms with Gasteiger partial charge in [0.05, 0.1) is 7.11 Å². The largest absolute Gasteiger partial charge is 0.497 e. The van der Waals surface area contributed by atoms with E-state index in [1.165, 1.54) is 4.90 Å². The van der Waals surface area contributed by atoms with Gasteiger partial charge in [0.2, 0.25) is 0 Å². The van der Waals surface area contributed by atoms with Gasteiger partial charge in [-0.25, -0.2) is 4.99 Å². The molecule has 2 aliphatic rings. The monoisotopic (exact) mass is 475 g/mol. The van der Waals surface area contributed by atoms with Gasteiger partial charge in [-0.2, -0.15) is 0 Å². The number of nitrogens with two attached hydrogens (primary N) is 1. The molecule has 2 atom stereocenters. The molecule has 0 radical (unpaired) electrons. The first-order chi connectivity index (χ1) is 16.2. The quantitative estimate of drug-likeness (QED) is 0.589. The molecule has 0 saturated carbocycles. The van der Waals surface area contributed by atoms with Crippen LogP contribution in [0.1, 0.15) is 24.5 Å². The number of guanidine groups is 1. The zero-order valence-electron chi connectivity index (χ0n) is 19.3. The van der Waals surface area contributed by atoms with Crippen LogP contribution in [0.25, 0.3) is 11.1 Å². The van der Waals surface area contributed by atoms with E-state index in [2.05, 4.69) is 0 Å². The fraction of sp³-hybridized carbons (Fsp3) is 0.259. The van der Waals surface area contributed by atoms with Crippen molar-refractivity contribution in [2.45, 2.75) is 30.9 Å². The van der Waals surface area contributed by atoms with Crippen LogP contribution in [0.4, 0.5) is 0 Å². The third-order valence-electron chi connectivity index (χ3n) is 6.59. The van der Waals surface area contributed by atoms with Crippen LogP contribution >= 0.6 is 11.6 Å². The van der Waals surface area contributed by atoms with Crippen LogP contribution in [0, 0.1) is 0 Å². The molecule has 1 amide bonds. The average molecular weight is 476 g/mol. The van der Waals surface area contributed by atoms with Gasteiger partial charge in [-0.1, -0.05) is 41.9 Å². The Morgan fingerprint density at radius 3 is 2.59 bits per heavy atom. The molecule has 3 aromatic carbocycles. The smallest absolute Gasteiger partial charge is 0.261 e. The summed E-state index contributed by atoms with van der Waals surface area (Å²) in [6, 6.07) is 21.3. The highest BCUT2D eigenvalue weighted by atomic mass is 35.5. The van der Waals surface area contributed by atoms with Gasteiger partial charge >= 0.3 is 0 Å². The van der Waals surface area contributed by atoms with Crippen LogP contribution in [-0.2, 0) is 16.8 Å². The Labute approximate surface area is 204 Å². The summed E-state index contributed by atoms with van der Waals surface area (Å²) < 4.78 is 12.0. The lowest BCUT2D eigenvalue weighted by Gasteiger charge is -2.43. The summed E-state index contributed by atoms with van der Waals surface area (Å²) in [5.41, 5.74) is 7.95. The van der Waals surface area contributed by atoms with E-state index in [1.807, 2.05) is 73.7 Å². The third-order valence-corrected chi connectivity index (χ3v) is 6.82. The van der Waals surface area contributed by atoms with Crippen molar-refractivity contribution >= 4 is 23.5 Å². The van der Waals surface area contributed by atoms with Crippen molar-refractivity contribution < 1.29 is 14.3 Å². The van der Waals surface area contributed by atoms with E-state index in [1.54, 1.807) is 14.2 Å². The SMILES string of the molecule is COc1cccc(C[C@]2(C)C[C@@]3(N=C(N)N(C)C3=O)c3cc(-c4cccc(Cl)c4)ccc3O2)c1. The molecule has 0 aliphatic carbocycles. The standard InChI is InChI=1S/C27H26ClN3O3/c1-26(15-17-6-4-9-21(12-17)33-3)16-27(24(32)31(2)25(29)30-27)22-14-19(10-11-23(22)34-26)18-7-5-8-20(28)13-18/h4-14H,15-16H2,1-3H3,(H2,29,30)/t26-,27-/m1/s1. The fourth-order valence-electron chi connectivity index (χ4n) is 5.03. The van der Waals surface area contributed by atoms with Crippen LogP contribution in [-0.4, -0.2) is 36.5 Å². The molecule has 0 aromatic heterocycles. The molecule has 3 aromatic rings. The first-order valence-corrected chi connectivity index (χ1v) is 11.5. The van der Waals surface area contributed by atoms with E-state index in [0.29, 0.717) is 29.2 Å². The molecule has 0 saturated heterocycles. The number of hydrogen-bond acceptors (Lipinski definition) is 5. The highest BCUT2D eigenvalue weighted by molar-refractivity contribution is 6.30. The van der Waals surface area contributed by atoms with Gasteiger partial charge in [0, 0.05) is 30.5 Å². The van der Waals surface area contributed by atoms with Crippen LogP contribution < -0.4 is 15.2 Å². The minimum atomic E-state index is -1.16. The molecule has 0 unspecified atom stereocenters. The highest BCUT2D eigenvalue weighted by Gasteiger charge is 2.56. The van der Waals surface area contributed by atoms with Gasteiger partial charge in [0.1, 0.15) is 17.1 Å². The molecule has 1 spiro atoms. The Morgan fingerprint density at radius 1 is 1.12 bits per heavy atom. The third kappa shape index (κ3) is 3.68. The van der Waals surface area contributed by atoms with E-state index in [0.717, 1.165) is 22.4 Å². The predicted octanol–water partition coefficient (Wildman–Crippen LogP) is 4.78. The van der Waals surface area contributed by atoms with Crippen LogP contribution in [0.3, 0.4) is 0 Å². The topological polar surface area (TPSA) is 77.2 Å². The number of ether oxygens (including phenoxy) is 2. The Hall–Kier alpha value is -3.51. The van der Waals surface area contributed by atoms with Gasteiger partial charge in [-0.15, -0.1) is 0 Å². The van der Waals surface area contributed by atoms with E-state index in [4.69, 9.17) is 31.8 Å². The number of aliphatic imine (C=N–C) groups is 1. The summed E-state index contributed by atoms with van der Waals surface area (Å²) in [5.74, 6) is 1.45. The lowest BCUT2D eigenvalue weighted by Crippen LogP contribution is -2.51. The van der Waals surface area contributed by atoms with Gasteiger partial charge < -0.3 is 15.2 Å². The zero-order valence-corrected chi connectivity index (χ0v) is 20.1. The van der Waals surface area contributed by atoms with E-state index in [9.17, 15) is 4.79 Å². The predicted molar refractivity (Wildman–Crippen MR) is 133 cm³/mol. The number of carbonyl (C=O) groups excluding carboxylic acids is 1. The summed E-state index contributed by atoms with van der Waals surface area (Å²) in [6.45, 7) is 2.01. The van der Waals surface area contributed by atoms with Gasteiger partial charge in [-0.05, 0) is 60.0 Å². The molecule has 34 heavy (non-hydrogen) atoms.